The van der Waals surface area contributed by atoms with E-state index in [1.54, 1.807) is 0 Å². The van der Waals surface area contributed by atoms with Gasteiger partial charge in [0.2, 0.25) is 5.91 Å². The first kappa shape index (κ1) is 14.3. The third-order valence-electron chi connectivity index (χ3n) is 4.73. The molecule has 0 bridgehead atoms. The summed E-state index contributed by atoms with van der Waals surface area (Å²) < 4.78 is 0. The maximum absolute atomic E-state index is 12.1. The predicted octanol–water partition coefficient (Wildman–Crippen LogP) is -0.240. The number of amides is 3. The van der Waals surface area contributed by atoms with Crippen LogP contribution in [0, 0.1) is 11.8 Å². The van der Waals surface area contributed by atoms with Crippen LogP contribution in [0.4, 0.5) is 4.79 Å². The van der Waals surface area contributed by atoms with Gasteiger partial charge >= 0.3 is 6.03 Å². The molecule has 6 heteroatoms. The Hall–Kier alpha value is -1.14. The Morgan fingerprint density at radius 1 is 1.37 bits per heavy atom. The van der Waals surface area contributed by atoms with E-state index >= 15 is 0 Å². The van der Waals surface area contributed by atoms with E-state index in [1.807, 2.05) is 6.92 Å². The number of fused-ring (bicyclic) bond motifs is 1. The molecule has 108 valence electrons. The highest BCUT2D eigenvalue weighted by Gasteiger charge is 2.51. The van der Waals surface area contributed by atoms with Crippen molar-refractivity contribution in [1.82, 2.24) is 20.9 Å². The summed E-state index contributed by atoms with van der Waals surface area (Å²) >= 11 is 0. The van der Waals surface area contributed by atoms with E-state index in [-0.39, 0.29) is 17.5 Å². The van der Waals surface area contributed by atoms with Gasteiger partial charge in [0.05, 0.1) is 6.04 Å². The Labute approximate surface area is 114 Å². The quantitative estimate of drug-likeness (QED) is 0.646. The standard InChI is InChI=1S/C13H24N4O2/c1-8(11(18)16-12(19)14-4)17-7-9-5-15-6-10(9)13(17,2)3/h8-10,15H,5-7H2,1-4H3,(H2,14,16,18,19). The summed E-state index contributed by atoms with van der Waals surface area (Å²) in [6.07, 6.45) is 0. The zero-order valence-electron chi connectivity index (χ0n) is 12.1. The average molecular weight is 268 g/mol. The van der Waals surface area contributed by atoms with Crippen molar-refractivity contribution in [3.05, 3.63) is 0 Å². The van der Waals surface area contributed by atoms with Crippen molar-refractivity contribution in [2.75, 3.05) is 26.7 Å². The monoisotopic (exact) mass is 268 g/mol. The summed E-state index contributed by atoms with van der Waals surface area (Å²) in [5, 5.41) is 8.18. The summed E-state index contributed by atoms with van der Waals surface area (Å²) in [4.78, 5) is 25.5. The van der Waals surface area contributed by atoms with Gasteiger partial charge in [0.1, 0.15) is 0 Å². The minimum atomic E-state index is -0.448. The molecule has 6 nitrogen and oxygen atoms in total. The van der Waals surface area contributed by atoms with E-state index in [4.69, 9.17) is 0 Å². The van der Waals surface area contributed by atoms with Crippen molar-refractivity contribution >= 4 is 11.9 Å². The van der Waals surface area contributed by atoms with E-state index in [0.717, 1.165) is 19.6 Å². The van der Waals surface area contributed by atoms with Gasteiger partial charge in [-0.2, -0.15) is 0 Å². The number of likely N-dealkylation sites (tertiary alicyclic amines) is 1. The van der Waals surface area contributed by atoms with Gasteiger partial charge in [-0.05, 0) is 39.2 Å². The zero-order chi connectivity index (χ0) is 14.2. The molecule has 2 fully saturated rings. The van der Waals surface area contributed by atoms with Gasteiger partial charge in [0.25, 0.3) is 0 Å². The van der Waals surface area contributed by atoms with E-state index in [9.17, 15) is 9.59 Å². The molecule has 2 aliphatic heterocycles. The molecule has 3 amide bonds. The third-order valence-corrected chi connectivity index (χ3v) is 4.73. The fraction of sp³-hybridized carbons (Fsp3) is 0.846. The molecular formula is C13H24N4O2. The largest absolute Gasteiger partial charge is 0.341 e. The van der Waals surface area contributed by atoms with Crippen LogP contribution in [0.3, 0.4) is 0 Å². The number of hydrogen-bond acceptors (Lipinski definition) is 4. The molecular weight excluding hydrogens is 244 g/mol. The second-order valence-corrected chi connectivity index (χ2v) is 6.08. The van der Waals surface area contributed by atoms with Gasteiger partial charge in [-0.15, -0.1) is 0 Å². The first-order valence-corrected chi connectivity index (χ1v) is 6.88. The molecule has 0 aromatic carbocycles. The van der Waals surface area contributed by atoms with Crippen LogP contribution in [0.2, 0.25) is 0 Å². The first-order valence-electron chi connectivity index (χ1n) is 6.88. The maximum Gasteiger partial charge on any atom is 0.321 e. The number of urea groups is 1. The number of carbonyl (C=O) groups excluding carboxylic acids is 2. The molecule has 3 unspecified atom stereocenters. The molecule has 0 aliphatic carbocycles. The highest BCUT2D eigenvalue weighted by atomic mass is 16.2. The van der Waals surface area contributed by atoms with Gasteiger partial charge in [0, 0.05) is 25.7 Å². The van der Waals surface area contributed by atoms with Gasteiger partial charge in [-0.1, -0.05) is 0 Å². The minimum Gasteiger partial charge on any atom is -0.341 e. The van der Waals surface area contributed by atoms with Crippen LogP contribution in [-0.2, 0) is 4.79 Å². The SMILES string of the molecule is CNC(=O)NC(=O)C(C)N1CC2CNCC2C1(C)C. The highest BCUT2D eigenvalue weighted by molar-refractivity contribution is 5.96. The Balaban J connectivity index is 2.05. The lowest BCUT2D eigenvalue weighted by Crippen LogP contribution is -2.55. The van der Waals surface area contributed by atoms with Crippen molar-refractivity contribution in [1.29, 1.82) is 0 Å². The fourth-order valence-electron chi connectivity index (χ4n) is 3.53. The second-order valence-electron chi connectivity index (χ2n) is 6.08. The predicted molar refractivity (Wildman–Crippen MR) is 72.7 cm³/mol. The van der Waals surface area contributed by atoms with Crippen LogP contribution < -0.4 is 16.0 Å². The van der Waals surface area contributed by atoms with Crippen molar-refractivity contribution in [2.45, 2.75) is 32.4 Å². The maximum atomic E-state index is 12.1. The van der Waals surface area contributed by atoms with Crippen molar-refractivity contribution in [2.24, 2.45) is 11.8 Å². The van der Waals surface area contributed by atoms with Crippen molar-refractivity contribution in [3.8, 4) is 0 Å². The van der Waals surface area contributed by atoms with Crippen LogP contribution in [0.15, 0.2) is 0 Å². The molecule has 2 aliphatic rings. The van der Waals surface area contributed by atoms with E-state index in [0.29, 0.717) is 11.8 Å². The molecule has 0 aromatic heterocycles. The van der Waals surface area contributed by atoms with E-state index in [1.165, 1.54) is 7.05 Å². The molecule has 2 rings (SSSR count). The summed E-state index contributed by atoms with van der Waals surface area (Å²) in [6, 6.07) is -0.742. The van der Waals surface area contributed by atoms with E-state index in [2.05, 4.69) is 34.7 Å². The molecule has 0 saturated carbocycles. The lowest BCUT2D eigenvalue weighted by Gasteiger charge is -2.38. The van der Waals surface area contributed by atoms with Crippen molar-refractivity contribution < 1.29 is 9.59 Å². The van der Waals surface area contributed by atoms with Gasteiger partial charge in [0.15, 0.2) is 0 Å². The molecule has 0 spiro atoms. The Morgan fingerprint density at radius 2 is 2.05 bits per heavy atom. The molecule has 19 heavy (non-hydrogen) atoms. The fourth-order valence-corrected chi connectivity index (χ4v) is 3.53. The molecule has 3 atom stereocenters. The lowest BCUT2D eigenvalue weighted by atomic mass is 9.84. The topological polar surface area (TPSA) is 73.5 Å². The Kier molecular flexibility index (Phi) is 3.82. The number of rotatable bonds is 2. The summed E-state index contributed by atoms with van der Waals surface area (Å²) in [5.41, 5.74) is -0.0202. The van der Waals surface area contributed by atoms with E-state index < -0.39 is 6.03 Å². The minimum absolute atomic E-state index is 0.0202. The number of carbonyl (C=O) groups is 2. The third kappa shape index (κ3) is 2.47. The smallest absolute Gasteiger partial charge is 0.321 e. The molecule has 0 radical (unpaired) electrons. The van der Waals surface area contributed by atoms with Gasteiger partial charge < -0.3 is 10.6 Å². The normalized spacial score (nSPS) is 30.7. The van der Waals surface area contributed by atoms with Crippen LogP contribution in [0.25, 0.3) is 0 Å². The second kappa shape index (κ2) is 5.09. The molecule has 2 saturated heterocycles. The van der Waals surface area contributed by atoms with Gasteiger partial charge in [-0.3, -0.25) is 15.0 Å². The van der Waals surface area contributed by atoms with Crippen LogP contribution >= 0.6 is 0 Å². The number of nitrogens with zero attached hydrogens (tertiary/aromatic N) is 1. The van der Waals surface area contributed by atoms with Crippen molar-refractivity contribution in [3.63, 3.8) is 0 Å². The van der Waals surface area contributed by atoms with Gasteiger partial charge in [-0.25, -0.2) is 4.79 Å². The molecule has 2 heterocycles. The van der Waals surface area contributed by atoms with Crippen LogP contribution in [-0.4, -0.2) is 55.1 Å². The number of hydrogen-bond donors (Lipinski definition) is 3. The summed E-state index contributed by atoms with van der Waals surface area (Å²) in [7, 11) is 1.50. The average Bonchev–Trinajstić information content (AvgIpc) is 2.91. The Bertz CT molecular complexity index is 383. The number of imide groups is 1. The molecule has 3 N–H and O–H groups in total. The summed E-state index contributed by atoms with van der Waals surface area (Å²) in [6.45, 7) is 9.19. The zero-order valence-corrected chi connectivity index (χ0v) is 12.1. The van der Waals surface area contributed by atoms with Crippen LogP contribution in [0.1, 0.15) is 20.8 Å². The lowest BCUT2D eigenvalue weighted by molar-refractivity contribution is -0.126. The summed E-state index contributed by atoms with van der Waals surface area (Å²) in [5.74, 6) is 0.938. The first-order chi connectivity index (χ1) is 8.87. The molecule has 0 aromatic rings. The Morgan fingerprint density at radius 3 is 2.63 bits per heavy atom. The highest BCUT2D eigenvalue weighted by Crippen LogP contribution is 2.41. The van der Waals surface area contributed by atoms with Crippen LogP contribution in [0.5, 0.6) is 0 Å². The number of nitrogens with one attached hydrogen (secondary N) is 3.